The molecular weight excluding hydrogens is 631 g/mol. The predicted molar refractivity (Wildman–Crippen MR) is 187 cm³/mol. The van der Waals surface area contributed by atoms with Gasteiger partial charge in [0.2, 0.25) is 0 Å². The van der Waals surface area contributed by atoms with Crippen molar-refractivity contribution >= 4 is 44.9 Å². The number of carbonyl (C=O) groups excluding carboxylic acids is 1. The molecule has 1 fully saturated rings. The minimum atomic E-state index is -0.362. The summed E-state index contributed by atoms with van der Waals surface area (Å²) in [5.41, 5.74) is 4.57. The van der Waals surface area contributed by atoms with Gasteiger partial charge in [0.1, 0.15) is 17.3 Å². The summed E-state index contributed by atoms with van der Waals surface area (Å²) >= 11 is 7.03. The predicted octanol–water partition coefficient (Wildman–Crippen LogP) is 6.73. The highest BCUT2D eigenvalue weighted by atomic mass is 35.5. The first-order chi connectivity index (χ1) is 23.4. The second-order valence-electron chi connectivity index (χ2n) is 12.2. The van der Waals surface area contributed by atoms with Crippen molar-refractivity contribution in [1.82, 2.24) is 29.0 Å². The molecule has 0 amide bonds. The second-order valence-corrected chi connectivity index (χ2v) is 12.6. The number of hydrogen-bond donors (Lipinski definition) is 0. The van der Waals surface area contributed by atoms with Crippen LogP contribution in [0.5, 0.6) is 5.75 Å². The molecule has 1 aliphatic heterocycles. The summed E-state index contributed by atoms with van der Waals surface area (Å²) in [4.78, 5) is 23.3. The molecule has 0 saturated carbocycles. The van der Waals surface area contributed by atoms with Crippen molar-refractivity contribution in [2.75, 3.05) is 53.0 Å². The van der Waals surface area contributed by atoms with Crippen LogP contribution in [0.3, 0.4) is 0 Å². The molecule has 11 heteroatoms. The number of fused-ring (bicyclic) bond motifs is 3. The molecule has 0 radical (unpaired) electrons. The quantitative estimate of drug-likeness (QED) is 0.112. The molecule has 6 aromatic rings. The fraction of sp³-hybridized carbons (Fsp3) is 0.324. The third-order valence-corrected chi connectivity index (χ3v) is 9.48. The van der Waals surface area contributed by atoms with Crippen LogP contribution in [0, 0.1) is 5.82 Å². The SMILES string of the molecule is CCOC(=O)c1c(CCCOc2cccc3cc(F)ccc23)c2ccc(Cl)c(-c3cnn4cccnc34)c2n1CCN1CCN(C)CC1. The van der Waals surface area contributed by atoms with Crippen LogP contribution in [0.1, 0.15) is 29.4 Å². The highest BCUT2D eigenvalue weighted by Crippen LogP contribution is 2.41. The summed E-state index contributed by atoms with van der Waals surface area (Å²) in [6, 6.07) is 16.1. The molecule has 9 nitrogen and oxygen atoms in total. The number of likely N-dealkylation sites (N-methyl/N-ethyl adjacent to an activating group) is 1. The number of carbonyl (C=O) groups is 1. The van der Waals surface area contributed by atoms with Crippen LogP contribution in [0.4, 0.5) is 4.39 Å². The maximum Gasteiger partial charge on any atom is 0.355 e. The van der Waals surface area contributed by atoms with Crippen molar-refractivity contribution in [3.63, 3.8) is 0 Å². The van der Waals surface area contributed by atoms with Crippen LogP contribution < -0.4 is 4.74 Å². The van der Waals surface area contributed by atoms with Crippen molar-refractivity contribution < 1.29 is 18.7 Å². The first kappa shape index (κ1) is 32.1. The number of ether oxygens (including phenoxy) is 2. The number of piperazine rings is 1. The average molecular weight is 669 g/mol. The minimum absolute atomic E-state index is 0.259. The van der Waals surface area contributed by atoms with E-state index in [0.717, 1.165) is 71.1 Å². The first-order valence-corrected chi connectivity index (χ1v) is 16.8. The fourth-order valence-electron chi connectivity index (χ4n) is 6.76. The van der Waals surface area contributed by atoms with E-state index in [4.69, 9.17) is 21.1 Å². The summed E-state index contributed by atoms with van der Waals surface area (Å²) < 4.78 is 29.6. The Labute approximate surface area is 283 Å². The standard InChI is InChI=1S/C37H38ClFN6O3/c1-3-47-37(46)35-28(8-5-22-48-32-9-4-7-25-23-26(39)10-11-27(25)32)29-12-13-31(38)33(30-24-41-45-15-6-14-40-36(30)45)34(29)44(35)21-20-43-18-16-42(2)17-19-43/h4,6-7,9-15,23-24H,3,5,8,16-22H2,1-2H3. The van der Waals surface area contributed by atoms with Gasteiger partial charge in [-0.2, -0.15) is 5.10 Å². The topological polar surface area (TPSA) is 77.1 Å². The highest BCUT2D eigenvalue weighted by Gasteiger charge is 2.28. The van der Waals surface area contributed by atoms with E-state index in [9.17, 15) is 9.18 Å². The van der Waals surface area contributed by atoms with E-state index in [0.29, 0.717) is 48.1 Å². The van der Waals surface area contributed by atoms with E-state index in [2.05, 4.69) is 31.5 Å². The number of hydrogen-bond acceptors (Lipinski definition) is 7. The lowest BCUT2D eigenvalue weighted by atomic mass is 10.0. The molecule has 0 unspecified atom stereocenters. The number of rotatable bonds is 11. The zero-order valence-electron chi connectivity index (χ0n) is 27.2. The van der Waals surface area contributed by atoms with Crippen LogP contribution in [0.15, 0.2) is 73.2 Å². The Morgan fingerprint density at radius 3 is 2.69 bits per heavy atom. The van der Waals surface area contributed by atoms with Gasteiger partial charge in [-0.25, -0.2) is 18.7 Å². The Bertz CT molecular complexity index is 2100. The largest absolute Gasteiger partial charge is 0.493 e. The van der Waals surface area contributed by atoms with Gasteiger partial charge in [-0.1, -0.05) is 29.8 Å². The van der Waals surface area contributed by atoms with Crippen molar-refractivity contribution in [2.24, 2.45) is 0 Å². The van der Waals surface area contributed by atoms with Crippen LogP contribution in [0.2, 0.25) is 5.02 Å². The molecule has 0 aliphatic carbocycles. The van der Waals surface area contributed by atoms with Gasteiger partial charge in [0, 0.05) is 68.0 Å². The van der Waals surface area contributed by atoms with Gasteiger partial charge >= 0.3 is 5.97 Å². The average Bonchev–Trinajstić information content (AvgIpc) is 3.65. The minimum Gasteiger partial charge on any atom is -0.493 e. The molecule has 7 rings (SSSR count). The lowest BCUT2D eigenvalue weighted by molar-refractivity contribution is 0.0511. The number of nitrogens with zero attached hydrogens (tertiary/aromatic N) is 6. The summed E-state index contributed by atoms with van der Waals surface area (Å²) in [6.45, 7) is 7.76. The molecule has 0 N–H and O–H groups in total. The Morgan fingerprint density at radius 1 is 1.02 bits per heavy atom. The molecule has 3 aromatic carbocycles. The normalized spacial score (nSPS) is 14.3. The van der Waals surface area contributed by atoms with E-state index in [1.807, 2.05) is 49.5 Å². The number of esters is 1. The molecular formula is C37H38ClFN6O3. The maximum atomic E-state index is 13.9. The molecule has 3 aromatic heterocycles. The van der Waals surface area contributed by atoms with Gasteiger partial charge in [0.25, 0.3) is 0 Å². The number of halogens is 2. The highest BCUT2D eigenvalue weighted by molar-refractivity contribution is 6.35. The Kier molecular flexibility index (Phi) is 9.30. The second kappa shape index (κ2) is 13.9. The van der Waals surface area contributed by atoms with Crippen LogP contribution in [-0.4, -0.2) is 87.9 Å². The van der Waals surface area contributed by atoms with E-state index >= 15 is 0 Å². The van der Waals surface area contributed by atoms with Crippen LogP contribution in [-0.2, 0) is 17.7 Å². The maximum absolute atomic E-state index is 13.9. The van der Waals surface area contributed by atoms with E-state index in [-0.39, 0.29) is 18.4 Å². The van der Waals surface area contributed by atoms with E-state index in [1.165, 1.54) is 12.1 Å². The number of benzene rings is 3. The van der Waals surface area contributed by atoms with Crippen molar-refractivity contribution in [3.8, 4) is 16.9 Å². The third-order valence-electron chi connectivity index (χ3n) is 9.16. The van der Waals surface area contributed by atoms with Gasteiger partial charge in [-0.05, 0) is 74.2 Å². The number of aryl methyl sites for hydroxylation is 1. The fourth-order valence-corrected chi connectivity index (χ4v) is 7.01. The van der Waals surface area contributed by atoms with Crippen LogP contribution in [0.25, 0.3) is 38.4 Å². The van der Waals surface area contributed by atoms with Gasteiger partial charge in [0.05, 0.1) is 35.5 Å². The van der Waals surface area contributed by atoms with E-state index in [1.54, 1.807) is 23.0 Å². The smallest absolute Gasteiger partial charge is 0.355 e. The molecule has 248 valence electrons. The van der Waals surface area contributed by atoms with Gasteiger partial charge in [-0.15, -0.1) is 0 Å². The Morgan fingerprint density at radius 2 is 1.85 bits per heavy atom. The van der Waals surface area contributed by atoms with Gasteiger partial charge in [0.15, 0.2) is 5.65 Å². The summed E-state index contributed by atoms with van der Waals surface area (Å²) in [5, 5.41) is 7.68. The molecule has 0 spiro atoms. The molecule has 4 heterocycles. The summed E-state index contributed by atoms with van der Waals surface area (Å²) in [6.07, 6.45) is 6.59. The summed E-state index contributed by atoms with van der Waals surface area (Å²) in [7, 11) is 2.14. The lowest BCUT2D eigenvalue weighted by Crippen LogP contribution is -2.45. The van der Waals surface area contributed by atoms with Crippen molar-refractivity contribution in [2.45, 2.75) is 26.3 Å². The summed E-state index contributed by atoms with van der Waals surface area (Å²) in [5.74, 6) is 0.0519. The molecule has 1 aliphatic rings. The number of aromatic nitrogens is 4. The monoisotopic (exact) mass is 668 g/mol. The lowest BCUT2D eigenvalue weighted by Gasteiger charge is -2.32. The van der Waals surface area contributed by atoms with Crippen molar-refractivity contribution in [1.29, 1.82) is 0 Å². The molecule has 48 heavy (non-hydrogen) atoms. The zero-order chi connectivity index (χ0) is 33.2. The van der Waals surface area contributed by atoms with Gasteiger partial charge in [-0.3, -0.25) is 4.90 Å². The third kappa shape index (κ3) is 6.23. The Hall–Kier alpha value is -4.51. The molecule has 0 atom stereocenters. The van der Waals surface area contributed by atoms with Crippen molar-refractivity contribution in [3.05, 3.63) is 95.3 Å². The first-order valence-electron chi connectivity index (χ1n) is 16.4. The van der Waals surface area contributed by atoms with E-state index < -0.39 is 0 Å². The van der Waals surface area contributed by atoms with Crippen LogP contribution >= 0.6 is 11.6 Å². The van der Waals surface area contributed by atoms with Gasteiger partial charge < -0.3 is 18.9 Å². The molecule has 0 bridgehead atoms. The zero-order valence-corrected chi connectivity index (χ0v) is 27.9. The molecule has 1 saturated heterocycles. The Balaban J connectivity index is 1.29.